The highest BCUT2D eigenvalue weighted by Gasteiger charge is 2.33. The highest BCUT2D eigenvalue weighted by molar-refractivity contribution is 7.89. The summed E-state index contributed by atoms with van der Waals surface area (Å²) in [5.41, 5.74) is -0.754. The lowest BCUT2D eigenvalue weighted by atomic mass is 10.2. The Kier molecular flexibility index (Phi) is 7.63. The van der Waals surface area contributed by atoms with E-state index in [1.807, 2.05) is 0 Å². The number of carbonyl (C=O) groups is 1. The van der Waals surface area contributed by atoms with Crippen molar-refractivity contribution < 1.29 is 26.4 Å². The highest BCUT2D eigenvalue weighted by atomic mass is 35.5. The molecular formula is C21H16Cl2F3N3O3S. The second-order valence-corrected chi connectivity index (χ2v) is 9.61. The zero-order valence-corrected chi connectivity index (χ0v) is 19.0. The molecular weight excluding hydrogens is 502 g/mol. The molecule has 0 bridgehead atoms. The molecule has 1 amide bonds. The molecule has 0 saturated carbocycles. The van der Waals surface area contributed by atoms with Gasteiger partial charge in [-0.3, -0.25) is 9.78 Å². The average Bonchev–Trinajstić information content (AvgIpc) is 2.76. The third-order valence-electron chi connectivity index (χ3n) is 4.42. The van der Waals surface area contributed by atoms with Crippen LogP contribution in [0.1, 0.15) is 11.1 Å². The first-order valence-electron chi connectivity index (χ1n) is 9.28. The monoisotopic (exact) mass is 517 g/mol. The van der Waals surface area contributed by atoms with Crippen molar-refractivity contribution in [2.24, 2.45) is 0 Å². The van der Waals surface area contributed by atoms with Crippen molar-refractivity contribution in [2.75, 3.05) is 11.9 Å². The summed E-state index contributed by atoms with van der Waals surface area (Å²) in [6.07, 6.45) is -2.19. The van der Waals surface area contributed by atoms with E-state index in [0.29, 0.717) is 16.7 Å². The van der Waals surface area contributed by atoms with E-state index in [2.05, 4.69) is 10.3 Å². The van der Waals surface area contributed by atoms with Crippen molar-refractivity contribution in [3.05, 3.63) is 88.2 Å². The Hall–Kier alpha value is -2.66. The minimum absolute atomic E-state index is 0.141. The zero-order chi connectivity index (χ0) is 24.2. The van der Waals surface area contributed by atoms with E-state index in [0.717, 1.165) is 16.6 Å². The number of aromatic nitrogens is 1. The molecule has 12 heteroatoms. The van der Waals surface area contributed by atoms with Gasteiger partial charge in [-0.05, 0) is 48.0 Å². The van der Waals surface area contributed by atoms with Gasteiger partial charge in [0, 0.05) is 29.6 Å². The fourth-order valence-corrected chi connectivity index (χ4v) is 4.55. The minimum atomic E-state index is -4.72. The Morgan fingerprint density at radius 2 is 1.76 bits per heavy atom. The molecule has 6 nitrogen and oxygen atoms in total. The number of amides is 1. The number of halogens is 5. The van der Waals surface area contributed by atoms with Crippen LogP contribution in [-0.4, -0.2) is 30.2 Å². The number of hydrogen-bond acceptors (Lipinski definition) is 4. The molecule has 0 fully saturated rings. The van der Waals surface area contributed by atoms with Crippen LogP contribution >= 0.6 is 23.2 Å². The first-order chi connectivity index (χ1) is 15.5. The van der Waals surface area contributed by atoms with Crippen molar-refractivity contribution in [3.8, 4) is 0 Å². The number of nitrogens with one attached hydrogen (secondary N) is 1. The SMILES string of the molecule is O=C(CN(Cc1ccc(Cl)cc1)S(=O)(=O)c1cccnc1)Nc1ccc(Cl)c(C(F)(F)F)c1. The molecule has 0 radical (unpaired) electrons. The largest absolute Gasteiger partial charge is 0.417 e. The minimum Gasteiger partial charge on any atom is -0.325 e. The van der Waals surface area contributed by atoms with Gasteiger partial charge in [-0.2, -0.15) is 17.5 Å². The molecule has 3 rings (SSSR count). The van der Waals surface area contributed by atoms with E-state index in [9.17, 15) is 26.4 Å². The molecule has 0 unspecified atom stereocenters. The standard InChI is InChI=1S/C21H16Cl2F3N3O3S/c22-15-5-3-14(4-6-15)12-29(33(31,32)17-2-1-9-27-11-17)13-20(30)28-16-7-8-19(23)18(10-16)21(24,25)26/h1-11H,12-13H2,(H,28,30). The lowest BCUT2D eigenvalue weighted by Gasteiger charge is -2.22. The smallest absolute Gasteiger partial charge is 0.325 e. The van der Waals surface area contributed by atoms with E-state index in [1.54, 1.807) is 24.3 Å². The number of rotatable bonds is 7. The number of pyridine rings is 1. The van der Waals surface area contributed by atoms with Gasteiger partial charge >= 0.3 is 6.18 Å². The summed E-state index contributed by atoms with van der Waals surface area (Å²) in [5.74, 6) is -0.841. The fraction of sp³-hybridized carbons (Fsp3) is 0.143. The van der Waals surface area contributed by atoms with Gasteiger partial charge in [0.2, 0.25) is 15.9 Å². The predicted octanol–water partition coefficient (Wildman–Crippen LogP) is 5.24. The molecule has 0 spiro atoms. The van der Waals surface area contributed by atoms with Gasteiger partial charge in [0.05, 0.1) is 17.1 Å². The number of carbonyl (C=O) groups excluding carboxylic acids is 1. The van der Waals surface area contributed by atoms with Gasteiger partial charge in [0.1, 0.15) is 4.90 Å². The van der Waals surface area contributed by atoms with Crippen LogP contribution in [-0.2, 0) is 27.5 Å². The maximum atomic E-state index is 13.1. The van der Waals surface area contributed by atoms with Crippen LogP contribution in [0.4, 0.5) is 18.9 Å². The molecule has 2 aromatic carbocycles. The van der Waals surface area contributed by atoms with Gasteiger partial charge in [0.25, 0.3) is 0 Å². The van der Waals surface area contributed by atoms with Crippen LogP contribution in [0.5, 0.6) is 0 Å². The van der Waals surface area contributed by atoms with Gasteiger partial charge in [0.15, 0.2) is 0 Å². The third kappa shape index (κ3) is 6.44. The van der Waals surface area contributed by atoms with Crippen molar-refractivity contribution in [3.63, 3.8) is 0 Å². The number of benzene rings is 2. The van der Waals surface area contributed by atoms with Crippen molar-refractivity contribution >= 4 is 44.8 Å². The molecule has 0 aliphatic heterocycles. The van der Waals surface area contributed by atoms with Crippen LogP contribution in [0.2, 0.25) is 10.0 Å². The van der Waals surface area contributed by atoms with Gasteiger partial charge < -0.3 is 5.32 Å². The first kappa shape index (κ1) is 25.0. The maximum Gasteiger partial charge on any atom is 0.417 e. The van der Waals surface area contributed by atoms with E-state index in [4.69, 9.17) is 23.2 Å². The molecule has 1 N–H and O–H groups in total. The molecule has 0 aliphatic carbocycles. The summed E-state index contributed by atoms with van der Waals surface area (Å²) >= 11 is 11.5. The second-order valence-electron chi connectivity index (χ2n) is 6.83. The Morgan fingerprint density at radius 1 is 1.06 bits per heavy atom. The average molecular weight is 518 g/mol. The summed E-state index contributed by atoms with van der Waals surface area (Å²) in [7, 11) is -4.16. The van der Waals surface area contributed by atoms with Crippen LogP contribution in [0.25, 0.3) is 0 Å². The van der Waals surface area contributed by atoms with Crippen molar-refractivity contribution in [2.45, 2.75) is 17.6 Å². The fourth-order valence-electron chi connectivity index (χ4n) is 2.85. The van der Waals surface area contributed by atoms with Crippen LogP contribution in [0.15, 0.2) is 71.9 Å². The maximum absolute atomic E-state index is 13.1. The molecule has 33 heavy (non-hydrogen) atoms. The van der Waals surface area contributed by atoms with E-state index < -0.39 is 39.2 Å². The topological polar surface area (TPSA) is 79.4 Å². The zero-order valence-electron chi connectivity index (χ0n) is 16.7. The molecule has 0 atom stereocenters. The van der Waals surface area contributed by atoms with Gasteiger partial charge in [-0.1, -0.05) is 35.3 Å². The number of anilines is 1. The lowest BCUT2D eigenvalue weighted by Crippen LogP contribution is -2.37. The van der Waals surface area contributed by atoms with E-state index in [1.165, 1.54) is 24.4 Å². The summed E-state index contributed by atoms with van der Waals surface area (Å²) in [6, 6.07) is 12.0. The Bertz CT molecular complexity index is 1240. The normalized spacial score (nSPS) is 12.1. The Balaban J connectivity index is 1.87. The molecule has 0 saturated heterocycles. The van der Waals surface area contributed by atoms with E-state index in [-0.39, 0.29) is 17.1 Å². The third-order valence-corrected chi connectivity index (χ3v) is 6.78. The number of hydrogen-bond donors (Lipinski definition) is 1. The predicted molar refractivity (Wildman–Crippen MR) is 118 cm³/mol. The highest BCUT2D eigenvalue weighted by Crippen LogP contribution is 2.36. The summed E-state index contributed by atoms with van der Waals surface area (Å²) < 4.78 is 66.4. The summed E-state index contributed by atoms with van der Waals surface area (Å²) in [5, 5.41) is 2.21. The number of alkyl halides is 3. The Morgan fingerprint density at radius 3 is 2.36 bits per heavy atom. The van der Waals surface area contributed by atoms with Crippen LogP contribution < -0.4 is 5.32 Å². The lowest BCUT2D eigenvalue weighted by molar-refractivity contribution is -0.137. The molecule has 0 aliphatic rings. The number of nitrogens with zero attached hydrogens (tertiary/aromatic N) is 2. The second kappa shape index (κ2) is 10.1. The van der Waals surface area contributed by atoms with Crippen LogP contribution in [0.3, 0.4) is 0 Å². The molecule has 3 aromatic rings. The van der Waals surface area contributed by atoms with Crippen molar-refractivity contribution in [1.82, 2.24) is 9.29 Å². The first-order valence-corrected chi connectivity index (χ1v) is 11.5. The molecule has 1 aromatic heterocycles. The summed E-state index contributed by atoms with van der Waals surface area (Å²) in [4.78, 5) is 16.3. The van der Waals surface area contributed by atoms with Gasteiger partial charge in [-0.25, -0.2) is 8.42 Å². The molecule has 1 heterocycles. The quantitative estimate of drug-likeness (QED) is 0.464. The number of sulfonamides is 1. The Labute approximate surface area is 198 Å². The van der Waals surface area contributed by atoms with Crippen molar-refractivity contribution in [1.29, 1.82) is 0 Å². The van der Waals surface area contributed by atoms with E-state index >= 15 is 0 Å². The summed E-state index contributed by atoms with van der Waals surface area (Å²) in [6.45, 7) is -0.847. The molecule has 174 valence electrons. The van der Waals surface area contributed by atoms with Crippen LogP contribution in [0, 0.1) is 0 Å². The van der Waals surface area contributed by atoms with Gasteiger partial charge in [-0.15, -0.1) is 0 Å².